The second kappa shape index (κ2) is 13.1. The van der Waals surface area contributed by atoms with E-state index in [1.807, 2.05) is 25.4 Å². The number of methoxy groups -OCH3 is 1. The molecule has 0 aliphatic carbocycles. The number of piperidine rings is 1. The Kier molecular flexibility index (Phi) is 9.21. The first-order valence-corrected chi connectivity index (χ1v) is 19.1. The predicted octanol–water partition coefficient (Wildman–Crippen LogP) is 7.73. The molecule has 14 heteroatoms. The smallest absolute Gasteiger partial charge is 0.229 e. The molecule has 0 atom stereocenters. The highest BCUT2D eigenvalue weighted by molar-refractivity contribution is 9.10. The summed E-state index contributed by atoms with van der Waals surface area (Å²) in [5.41, 5.74) is 3.92. The largest absolute Gasteiger partial charge is 0.494 e. The van der Waals surface area contributed by atoms with Crippen LogP contribution in [0.5, 0.6) is 5.75 Å². The molecule has 252 valence electrons. The maximum absolute atomic E-state index is 16.9. The number of anilines is 5. The van der Waals surface area contributed by atoms with Crippen LogP contribution in [0.25, 0.3) is 22.2 Å². The SMILES string of the molecule is COc1cc(N2CCC(C(C)(C)C)CC2)c(-c2cnn(C)c2)c(F)c1Nc1ncc(Br)c(Nc2ccc3nccnc3c2P(C)(C)=O)n1. The minimum absolute atomic E-state index is 0.103. The van der Waals surface area contributed by atoms with Crippen molar-refractivity contribution in [1.82, 2.24) is 29.7 Å². The normalized spacial score (nSPS) is 14.4. The molecule has 6 rings (SSSR count). The quantitative estimate of drug-likeness (QED) is 0.153. The first kappa shape index (κ1) is 33.8. The molecule has 0 amide bonds. The monoisotopic (exact) mass is 735 g/mol. The van der Waals surface area contributed by atoms with Gasteiger partial charge in [0, 0.05) is 62.1 Å². The van der Waals surface area contributed by atoms with Crippen molar-refractivity contribution >= 4 is 68.2 Å². The van der Waals surface area contributed by atoms with Gasteiger partial charge in [0.1, 0.15) is 29.9 Å². The maximum atomic E-state index is 16.9. The number of nitrogens with zero attached hydrogens (tertiary/aromatic N) is 7. The average Bonchev–Trinajstić information content (AvgIpc) is 3.47. The molecule has 48 heavy (non-hydrogen) atoms. The van der Waals surface area contributed by atoms with Crippen LogP contribution in [0.15, 0.2) is 53.7 Å². The van der Waals surface area contributed by atoms with Crippen LogP contribution in [0, 0.1) is 17.2 Å². The highest BCUT2D eigenvalue weighted by Crippen LogP contribution is 2.46. The topological polar surface area (TPSA) is 123 Å². The summed E-state index contributed by atoms with van der Waals surface area (Å²) in [5, 5.41) is 11.3. The van der Waals surface area contributed by atoms with Gasteiger partial charge in [-0.3, -0.25) is 14.6 Å². The highest BCUT2D eigenvalue weighted by Gasteiger charge is 2.32. The van der Waals surface area contributed by atoms with Crippen LogP contribution in [0.3, 0.4) is 0 Å². The zero-order chi connectivity index (χ0) is 34.4. The zero-order valence-electron chi connectivity index (χ0n) is 28.2. The van der Waals surface area contributed by atoms with E-state index in [1.165, 1.54) is 7.11 Å². The lowest BCUT2D eigenvalue weighted by Crippen LogP contribution is -2.38. The molecule has 0 radical (unpaired) electrons. The van der Waals surface area contributed by atoms with Gasteiger partial charge in [0.25, 0.3) is 0 Å². The van der Waals surface area contributed by atoms with E-state index in [0.717, 1.165) is 31.6 Å². The van der Waals surface area contributed by atoms with Crippen molar-refractivity contribution in [3.63, 3.8) is 0 Å². The van der Waals surface area contributed by atoms with E-state index in [2.05, 4.69) is 77.3 Å². The summed E-state index contributed by atoms with van der Waals surface area (Å²) in [7, 11) is 0.517. The Morgan fingerprint density at radius 2 is 1.79 bits per heavy atom. The van der Waals surface area contributed by atoms with Crippen LogP contribution in [-0.4, -0.2) is 63.2 Å². The Morgan fingerprint density at radius 1 is 1.06 bits per heavy atom. The Bertz CT molecular complexity index is 2030. The van der Waals surface area contributed by atoms with E-state index in [9.17, 15) is 4.57 Å². The number of ether oxygens (including phenoxy) is 1. The van der Waals surface area contributed by atoms with Crippen LogP contribution in [0.2, 0.25) is 0 Å². The molecular weight excluding hydrogens is 696 g/mol. The third kappa shape index (κ3) is 6.75. The van der Waals surface area contributed by atoms with Crippen LogP contribution in [0.4, 0.5) is 33.2 Å². The maximum Gasteiger partial charge on any atom is 0.229 e. The average molecular weight is 737 g/mol. The number of rotatable bonds is 8. The van der Waals surface area contributed by atoms with E-state index in [0.29, 0.717) is 55.1 Å². The summed E-state index contributed by atoms with van der Waals surface area (Å²) in [6.45, 7) is 11.8. The molecule has 0 spiro atoms. The molecule has 4 heterocycles. The molecule has 0 bridgehead atoms. The van der Waals surface area contributed by atoms with Crippen molar-refractivity contribution in [2.45, 2.75) is 33.6 Å². The number of nitrogens with one attached hydrogen (secondary N) is 2. The third-order valence-electron chi connectivity index (χ3n) is 8.87. The Balaban J connectivity index is 1.39. The number of hydrogen-bond donors (Lipinski definition) is 2. The second-order valence-corrected chi connectivity index (χ2v) is 17.6. The van der Waals surface area contributed by atoms with Crippen molar-refractivity contribution < 1.29 is 13.7 Å². The van der Waals surface area contributed by atoms with Gasteiger partial charge in [0.2, 0.25) is 5.95 Å². The molecule has 11 nitrogen and oxygen atoms in total. The van der Waals surface area contributed by atoms with Gasteiger partial charge in [-0.1, -0.05) is 20.8 Å². The minimum Gasteiger partial charge on any atom is -0.494 e. The summed E-state index contributed by atoms with van der Waals surface area (Å²) in [5.74, 6) is 0.926. The Hall–Kier alpha value is -4.09. The molecular formula is C34H40BrFN9O2P. The van der Waals surface area contributed by atoms with E-state index in [4.69, 9.17) is 4.74 Å². The van der Waals surface area contributed by atoms with E-state index >= 15 is 4.39 Å². The molecule has 3 aromatic heterocycles. The number of benzene rings is 2. The third-order valence-corrected chi connectivity index (χ3v) is 11.0. The molecule has 2 N–H and O–H groups in total. The first-order valence-electron chi connectivity index (χ1n) is 15.7. The molecule has 1 saturated heterocycles. The fraction of sp³-hybridized carbons (Fsp3) is 0.382. The Morgan fingerprint density at radius 3 is 2.44 bits per heavy atom. The van der Waals surface area contributed by atoms with Crippen molar-refractivity contribution in [3.05, 3.63) is 59.5 Å². The van der Waals surface area contributed by atoms with Crippen molar-refractivity contribution in [1.29, 1.82) is 0 Å². The van der Waals surface area contributed by atoms with Crippen molar-refractivity contribution in [3.8, 4) is 16.9 Å². The van der Waals surface area contributed by atoms with E-state index in [-0.39, 0.29) is 17.1 Å². The number of aromatic nitrogens is 6. The van der Waals surface area contributed by atoms with Gasteiger partial charge in [0.15, 0.2) is 5.82 Å². The van der Waals surface area contributed by atoms with Gasteiger partial charge in [-0.05, 0) is 65.6 Å². The standard InChI is InChI=1S/C34H40BrFN9O2P/c1-34(2,3)21-10-14-45(15-11-21)25-16-26(47-5)30(28(36)27(25)20-17-40-44(4)19-20)42-33-39-18-22(35)32(43-33)41-24-9-8-23-29(38-13-12-37-23)31(24)48(6,7)46/h8-9,12-13,16-19,21H,10-11,14-15H2,1-7H3,(H2,39,41,42,43). The van der Waals surface area contributed by atoms with Crippen LogP contribution < -0.4 is 25.6 Å². The number of aryl methyl sites for hydroxylation is 1. The fourth-order valence-electron chi connectivity index (χ4n) is 6.37. The second-order valence-electron chi connectivity index (χ2n) is 13.6. The summed E-state index contributed by atoms with van der Waals surface area (Å²) in [6.07, 6.45) is 10.3. The van der Waals surface area contributed by atoms with Crippen LogP contribution in [0.1, 0.15) is 33.6 Å². The summed E-state index contributed by atoms with van der Waals surface area (Å²) < 4.78 is 38.4. The van der Waals surface area contributed by atoms with Gasteiger partial charge in [-0.25, -0.2) is 9.37 Å². The van der Waals surface area contributed by atoms with Crippen LogP contribution >= 0.6 is 23.1 Å². The molecule has 0 saturated carbocycles. The van der Waals surface area contributed by atoms with Gasteiger partial charge >= 0.3 is 0 Å². The molecule has 5 aromatic rings. The molecule has 2 aromatic carbocycles. The van der Waals surface area contributed by atoms with E-state index < -0.39 is 13.0 Å². The summed E-state index contributed by atoms with van der Waals surface area (Å²) >= 11 is 3.53. The molecule has 1 aliphatic rings. The summed E-state index contributed by atoms with van der Waals surface area (Å²) in [4.78, 5) is 20.2. The predicted molar refractivity (Wildman–Crippen MR) is 194 cm³/mol. The van der Waals surface area contributed by atoms with Gasteiger partial charge in [-0.15, -0.1) is 0 Å². The van der Waals surface area contributed by atoms with Crippen molar-refractivity contribution in [2.24, 2.45) is 18.4 Å². The number of halogens is 2. The zero-order valence-corrected chi connectivity index (χ0v) is 30.7. The number of hydrogen-bond acceptors (Lipinski definition) is 10. The number of fused-ring (bicyclic) bond motifs is 1. The summed E-state index contributed by atoms with van der Waals surface area (Å²) in [6, 6.07) is 5.50. The molecule has 0 unspecified atom stereocenters. The van der Waals surface area contributed by atoms with Gasteiger partial charge in [0.05, 0.1) is 40.0 Å². The molecule has 1 aliphatic heterocycles. The molecule has 1 fully saturated rings. The Labute approximate surface area is 288 Å². The van der Waals surface area contributed by atoms with Crippen LogP contribution in [-0.2, 0) is 11.6 Å². The fourth-order valence-corrected chi connectivity index (χ4v) is 8.06. The first-order chi connectivity index (χ1) is 22.7. The van der Waals surface area contributed by atoms with Crippen molar-refractivity contribution in [2.75, 3.05) is 49.1 Å². The van der Waals surface area contributed by atoms with E-state index in [1.54, 1.807) is 48.9 Å². The van der Waals surface area contributed by atoms with Gasteiger partial charge in [-0.2, -0.15) is 10.1 Å². The lowest BCUT2D eigenvalue weighted by molar-refractivity contribution is 0.199. The van der Waals surface area contributed by atoms with Gasteiger partial charge < -0.3 is 24.8 Å². The lowest BCUT2D eigenvalue weighted by Gasteiger charge is -2.40. The lowest BCUT2D eigenvalue weighted by atomic mass is 9.75. The minimum atomic E-state index is -2.82. The highest BCUT2D eigenvalue weighted by atomic mass is 79.9.